The van der Waals surface area contributed by atoms with Crippen LogP contribution in [0.1, 0.15) is 25.3 Å². The third-order valence-corrected chi connectivity index (χ3v) is 6.55. The predicted octanol–water partition coefficient (Wildman–Crippen LogP) is 1.88. The highest BCUT2D eigenvalue weighted by Gasteiger charge is 2.22. The molecule has 1 aromatic carbocycles. The van der Waals surface area contributed by atoms with E-state index >= 15 is 0 Å². The van der Waals surface area contributed by atoms with Gasteiger partial charge >= 0.3 is 0 Å². The zero-order valence-electron chi connectivity index (χ0n) is 11.2. The van der Waals surface area contributed by atoms with Crippen molar-refractivity contribution in [3.05, 3.63) is 29.8 Å². The maximum Gasteiger partial charge on any atom is 0.253 e. The van der Waals surface area contributed by atoms with Gasteiger partial charge in [-0.1, -0.05) is 19.1 Å². The summed E-state index contributed by atoms with van der Waals surface area (Å²) in [5, 5.41) is 0. The number of alkyl halides is 1. The van der Waals surface area contributed by atoms with Crippen LogP contribution in [0.4, 0.5) is 0 Å². The van der Waals surface area contributed by atoms with Crippen LogP contribution in [-0.2, 0) is 26.5 Å². The summed E-state index contributed by atoms with van der Waals surface area (Å²) in [4.78, 5) is -0.0596. The second-order valence-corrected chi connectivity index (χ2v) is 8.46. The van der Waals surface area contributed by atoms with Gasteiger partial charge in [-0.25, -0.2) is 16.8 Å². The third-order valence-electron chi connectivity index (χ3n) is 2.68. The standard InChI is InChI=1S/C12H18ClNO4S2/c1-2-11-5-7-12(8-6-11)20(17,18)14-19(15,16)10-4-3-9-13/h5-8,14H,2-4,9-10H2,1H3. The Morgan fingerprint density at radius 1 is 1.05 bits per heavy atom. The SMILES string of the molecule is CCc1ccc(S(=O)(=O)NS(=O)(=O)CCCCCl)cc1. The second kappa shape index (κ2) is 7.40. The summed E-state index contributed by atoms with van der Waals surface area (Å²) in [5.41, 5.74) is 0.980. The number of benzene rings is 1. The lowest BCUT2D eigenvalue weighted by molar-refractivity contribution is 0.575. The topological polar surface area (TPSA) is 80.3 Å². The molecule has 0 aliphatic rings. The van der Waals surface area contributed by atoms with Crippen molar-refractivity contribution in [1.29, 1.82) is 0 Å². The molecule has 0 bridgehead atoms. The Morgan fingerprint density at radius 3 is 2.15 bits per heavy atom. The summed E-state index contributed by atoms with van der Waals surface area (Å²) >= 11 is 5.45. The van der Waals surface area contributed by atoms with Gasteiger partial charge in [0.25, 0.3) is 10.0 Å². The minimum Gasteiger partial charge on any atom is -0.211 e. The fraction of sp³-hybridized carbons (Fsp3) is 0.500. The molecule has 1 rings (SSSR count). The van der Waals surface area contributed by atoms with Gasteiger partial charge in [0.15, 0.2) is 0 Å². The van der Waals surface area contributed by atoms with Gasteiger partial charge in [-0.3, -0.25) is 0 Å². The van der Waals surface area contributed by atoms with Crippen molar-refractivity contribution >= 4 is 31.6 Å². The molecular weight excluding hydrogens is 322 g/mol. The molecule has 0 aliphatic heterocycles. The number of unbranched alkanes of at least 4 members (excludes halogenated alkanes) is 1. The fourth-order valence-corrected chi connectivity index (χ4v) is 4.87. The van der Waals surface area contributed by atoms with Gasteiger partial charge in [0.2, 0.25) is 10.0 Å². The molecule has 0 saturated carbocycles. The third kappa shape index (κ3) is 5.40. The first-order valence-electron chi connectivity index (χ1n) is 6.22. The van der Waals surface area contributed by atoms with Crippen molar-refractivity contribution in [1.82, 2.24) is 4.13 Å². The van der Waals surface area contributed by atoms with Crippen LogP contribution in [0, 0.1) is 0 Å². The normalized spacial score (nSPS) is 12.5. The van der Waals surface area contributed by atoms with E-state index in [-0.39, 0.29) is 10.6 Å². The molecule has 0 amide bonds. The van der Waals surface area contributed by atoms with E-state index in [1.165, 1.54) is 12.1 Å². The molecule has 0 heterocycles. The van der Waals surface area contributed by atoms with Crippen molar-refractivity contribution < 1.29 is 16.8 Å². The molecule has 0 spiro atoms. The molecule has 114 valence electrons. The number of aryl methyl sites for hydroxylation is 1. The Morgan fingerprint density at radius 2 is 1.65 bits per heavy atom. The molecule has 0 radical (unpaired) electrons. The van der Waals surface area contributed by atoms with Crippen LogP contribution in [-0.4, -0.2) is 28.5 Å². The minimum absolute atomic E-state index is 0.0596. The van der Waals surface area contributed by atoms with Crippen molar-refractivity contribution in [2.75, 3.05) is 11.6 Å². The summed E-state index contributed by atoms with van der Waals surface area (Å²) in [6.45, 7) is 1.95. The molecule has 1 aromatic rings. The summed E-state index contributed by atoms with van der Waals surface area (Å²) in [5.74, 6) is 0.0900. The molecule has 0 fully saturated rings. The number of hydrogen-bond donors (Lipinski definition) is 1. The van der Waals surface area contributed by atoms with Crippen molar-refractivity contribution in [2.24, 2.45) is 0 Å². The molecule has 0 aliphatic carbocycles. The lowest BCUT2D eigenvalue weighted by Crippen LogP contribution is -2.32. The van der Waals surface area contributed by atoms with Gasteiger partial charge in [0.1, 0.15) is 0 Å². The van der Waals surface area contributed by atoms with Crippen LogP contribution in [0.15, 0.2) is 29.2 Å². The summed E-state index contributed by atoms with van der Waals surface area (Å²) in [6.07, 6.45) is 1.63. The van der Waals surface area contributed by atoms with E-state index in [0.717, 1.165) is 12.0 Å². The number of sulfonamides is 2. The van der Waals surface area contributed by atoms with Gasteiger partial charge in [0, 0.05) is 5.88 Å². The quantitative estimate of drug-likeness (QED) is 0.579. The fourth-order valence-electron chi connectivity index (χ4n) is 1.55. The van der Waals surface area contributed by atoms with Gasteiger partial charge in [-0.05, 0) is 37.0 Å². The highest BCUT2D eigenvalue weighted by atomic mass is 35.5. The van der Waals surface area contributed by atoms with Gasteiger partial charge in [-0.15, -0.1) is 15.7 Å². The lowest BCUT2D eigenvalue weighted by Gasteiger charge is -2.08. The first kappa shape index (κ1) is 17.4. The van der Waals surface area contributed by atoms with Gasteiger partial charge < -0.3 is 0 Å². The van der Waals surface area contributed by atoms with Crippen LogP contribution in [0.25, 0.3) is 0 Å². The number of halogens is 1. The summed E-state index contributed by atoms with van der Waals surface area (Å²) in [6, 6.07) is 6.12. The smallest absolute Gasteiger partial charge is 0.211 e. The minimum atomic E-state index is -4.05. The van der Waals surface area contributed by atoms with Crippen LogP contribution in [0.5, 0.6) is 0 Å². The van der Waals surface area contributed by atoms with Crippen LogP contribution in [0.3, 0.4) is 0 Å². The zero-order valence-corrected chi connectivity index (χ0v) is 13.6. The van der Waals surface area contributed by atoms with Crippen LogP contribution < -0.4 is 4.13 Å². The van der Waals surface area contributed by atoms with Gasteiger partial charge in [0.05, 0.1) is 10.6 Å². The van der Waals surface area contributed by atoms with E-state index in [9.17, 15) is 16.8 Å². The molecule has 8 heteroatoms. The molecule has 0 saturated heterocycles. The van der Waals surface area contributed by atoms with Crippen LogP contribution >= 0.6 is 11.6 Å². The average molecular weight is 340 g/mol. The highest BCUT2D eigenvalue weighted by Crippen LogP contribution is 2.12. The maximum atomic E-state index is 12.0. The molecular formula is C12H18ClNO4S2. The molecule has 0 atom stereocenters. The van der Waals surface area contributed by atoms with Crippen molar-refractivity contribution in [3.8, 4) is 0 Å². The molecule has 0 aromatic heterocycles. The van der Waals surface area contributed by atoms with Crippen molar-refractivity contribution in [2.45, 2.75) is 31.1 Å². The Kier molecular flexibility index (Phi) is 6.44. The average Bonchev–Trinajstić information content (AvgIpc) is 2.37. The Bertz CT molecular complexity index is 624. The van der Waals surface area contributed by atoms with Crippen LogP contribution in [0.2, 0.25) is 0 Å². The first-order valence-corrected chi connectivity index (χ1v) is 9.89. The van der Waals surface area contributed by atoms with E-state index in [0.29, 0.717) is 18.7 Å². The van der Waals surface area contributed by atoms with E-state index in [1.54, 1.807) is 16.3 Å². The summed E-state index contributed by atoms with van der Waals surface area (Å²) in [7, 11) is -7.92. The van der Waals surface area contributed by atoms with Gasteiger partial charge in [-0.2, -0.15) is 0 Å². The van der Waals surface area contributed by atoms with E-state index in [1.807, 2.05) is 6.92 Å². The summed E-state index contributed by atoms with van der Waals surface area (Å²) < 4.78 is 49.0. The predicted molar refractivity (Wildman–Crippen MR) is 79.9 cm³/mol. The Labute approximate surface area is 125 Å². The first-order chi connectivity index (χ1) is 9.30. The zero-order chi connectivity index (χ0) is 15.2. The highest BCUT2D eigenvalue weighted by molar-refractivity contribution is 8.04. The maximum absolute atomic E-state index is 12.0. The van der Waals surface area contributed by atoms with E-state index in [4.69, 9.17) is 11.6 Å². The number of hydrogen-bond acceptors (Lipinski definition) is 4. The number of rotatable bonds is 8. The molecule has 1 N–H and O–H groups in total. The number of nitrogens with one attached hydrogen (secondary N) is 1. The lowest BCUT2D eigenvalue weighted by atomic mass is 10.2. The Hall–Kier alpha value is -0.630. The Balaban J connectivity index is 2.83. The molecule has 5 nitrogen and oxygen atoms in total. The molecule has 20 heavy (non-hydrogen) atoms. The largest absolute Gasteiger partial charge is 0.253 e. The van der Waals surface area contributed by atoms with E-state index in [2.05, 4.69) is 0 Å². The molecule has 0 unspecified atom stereocenters. The second-order valence-electron chi connectivity index (χ2n) is 4.30. The monoisotopic (exact) mass is 339 g/mol. The van der Waals surface area contributed by atoms with E-state index < -0.39 is 20.0 Å². The van der Waals surface area contributed by atoms with Crippen molar-refractivity contribution in [3.63, 3.8) is 0 Å².